The van der Waals surface area contributed by atoms with Gasteiger partial charge in [-0.3, -0.25) is 4.79 Å². The van der Waals surface area contributed by atoms with Gasteiger partial charge in [-0.05, 0) is 54.1 Å². The fourth-order valence-corrected chi connectivity index (χ4v) is 3.64. The van der Waals surface area contributed by atoms with Crippen molar-refractivity contribution in [2.45, 2.75) is 13.2 Å². The summed E-state index contributed by atoms with van der Waals surface area (Å²) < 4.78 is 23.7. The van der Waals surface area contributed by atoms with Gasteiger partial charge in [0.25, 0.3) is 0 Å². The maximum Gasteiger partial charge on any atom is 0.203 e. The van der Waals surface area contributed by atoms with E-state index in [1.807, 2.05) is 36.5 Å². The molecule has 4 rings (SSSR count). The van der Waals surface area contributed by atoms with Gasteiger partial charge in [-0.25, -0.2) is 4.68 Å². The Hall–Kier alpha value is -4.59. The van der Waals surface area contributed by atoms with Gasteiger partial charge in [-0.1, -0.05) is 35.5 Å². The lowest BCUT2D eigenvalue weighted by atomic mass is 10.1. The monoisotopic (exact) mass is 485 g/mol. The van der Waals surface area contributed by atoms with Gasteiger partial charge in [-0.15, -0.1) is 5.10 Å². The summed E-state index contributed by atoms with van der Waals surface area (Å²) in [6.07, 6.45) is 5.04. The molecule has 0 spiro atoms. The fourth-order valence-electron chi connectivity index (χ4n) is 3.64. The topological polar surface area (TPSA) is 84.7 Å². The summed E-state index contributed by atoms with van der Waals surface area (Å²) in [6, 6.07) is 20.6. The fraction of sp³-hybridized carbons (Fsp3) is 0.179. The van der Waals surface area contributed by atoms with Gasteiger partial charge >= 0.3 is 0 Å². The van der Waals surface area contributed by atoms with Crippen LogP contribution in [-0.4, -0.2) is 42.1 Å². The molecule has 0 radical (unpaired) electrons. The molecule has 8 nitrogen and oxygen atoms in total. The predicted octanol–water partition coefficient (Wildman–Crippen LogP) is 4.83. The van der Waals surface area contributed by atoms with Crippen LogP contribution in [0.4, 0.5) is 0 Å². The highest BCUT2D eigenvalue weighted by Gasteiger charge is 2.14. The van der Waals surface area contributed by atoms with Gasteiger partial charge in [0.1, 0.15) is 18.1 Å². The quantitative estimate of drug-likeness (QED) is 0.222. The lowest BCUT2D eigenvalue weighted by Crippen LogP contribution is -2.00. The summed E-state index contributed by atoms with van der Waals surface area (Å²) in [5.41, 5.74) is 3.10. The first-order valence-electron chi connectivity index (χ1n) is 11.3. The van der Waals surface area contributed by atoms with E-state index >= 15 is 0 Å². The molecule has 0 bridgehead atoms. The Kier molecular flexibility index (Phi) is 7.97. The van der Waals surface area contributed by atoms with Crippen LogP contribution in [-0.2, 0) is 13.2 Å². The number of carbonyl (C=O) groups is 1. The molecule has 0 aliphatic heterocycles. The second kappa shape index (κ2) is 11.7. The Morgan fingerprint density at radius 3 is 2.33 bits per heavy atom. The van der Waals surface area contributed by atoms with Gasteiger partial charge in [0.05, 0.1) is 34.1 Å². The number of nitrogens with zero attached hydrogens (tertiary/aromatic N) is 3. The van der Waals surface area contributed by atoms with Crippen molar-refractivity contribution in [1.82, 2.24) is 15.0 Å². The van der Waals surface area contributed by atoms with E-state index < -0.39 is 0 Å². The van der Waals surface area contributed by atoms with Crippen molar-refractivity contribution in [3.8, 4) is 23.0 Å². The standard InChI is InChI=1S/C28H27N3O5/c1-33-26-16-12-22(27(34-2)28(26)35-3)11-15-25(32)21-9-13-24(14-10-21)36-19-23-18-31(30-29-23)17-20-7-5-4-6-8-20/h4-16,18H,17,19H2,1-3H3/b15-11+. The highest BCUT2D eigenvalue weighted by atomic mass is 16.5. The molecule has 0 atom stereocenters. The average molecular weight is 486 g/mol. The van der Waals surface area contributed by atoms with Crippen molar-refractivity contribution in [3.05, 3.63) is 101 Å². The molecule has 1 heterocycles. The lowest BCUT2D eigenvalue weighted by Gasteiger charge is -2.13. The number of rotatable bonds is 11. The number of carbonyl (C=O) groups excluding carboxylic acids is 1. The number of hydrogen-bond donors (Lipinski definition) is 0. The minimum Gasteiger partial charge on any atom is -0.493 e. The molecule has 0 aliphatic carbocycles. The Labute approximate surface area is 209 Å². The number of hydrogen-bond acceptors (Lipinski definition) is 7. The van der Waals surface area contributed by atoms with Crippen LogP contribution in [0.3, 0.4) is 0 Å². The van der Waals surface area contributed by atoms with E-state index in [1.165, 1.54) is 13.2 Å². The minimum absolute atomic E-state index is 0.151. The largest absolute Gasteiger partial charge is 0.493 e. The molecule has 3 aromatic carbocycles. The average Bonchev–Trinajstić information content (AvgIpc) is 3.37. The second-order valence-electron chi connectivity index (χ2n) is 7.83. The molecule has 4 aromatic rings. The van der Waals surface area contributed by atoms with Crippen LogP contribution < -0.4 is 18.9 Å². The van der Waals surface area contributed by atoms with Gasteiger partial charge < -0.3 is 18.9 Å². The molecule has 36 heavy (non-hydrogen) atoms. The summed E-state index contributed by atoms with van der Waals surface area (Å²) in [5, 5.41) is 8.31. The highest BCUT2D eigenvalue weighted by Crippen LogP contribution is 2.40. The Bertz CT molecular complexity index is 1330. The zero-order chi connectivity index (χ0) is 25.3. The van der Waals surface area contributed by atoms with Gasteiger partial charge in [0.2, 0.25) is 5.75 Å². The summed E-state index contributed by atoms with van der Waals surface area (Å²) >= 11 is 0. The van der Waals surface area contributed by atoms with Crippen LogP contribution >= 0.6 is 0 Å². The van der Waals surface area contributed by atoms with Crippen molar-refractivity contribution in [2.24, 2.45) is 0 Å². The first-order chi connectivity index (χ1) is 17.6. The highest BCUT2D eigenvalue weighted by molar-refractivity contribution is 6.07. The summed E-state index contributed by atoms with van der Waals surface area (Å²) in [5.74, 6) is 1.99. The van der Waals surface area contributed by atoms with E-state index in [-0.39, 0.29) is 12.4 Å². The van der Waals surface area contributed by atoms with Crippen molar-refractivity contribution in [3.63, 3.8) is 0 Å². The van der Waals surface area contributed by atoms with Gasteiger partial charge in [0, 0.05) is 11.1 Å². The predicted molar refractivity (Wildman–Crippen MR) is 136 cm³/mol. The van der Waals surface area contributed by atoms with E-state index in [0.717, 1.165) is 11.3 Å². The van der Waals surface area contributed by atoms with E-state index in [9.17, 15) is 4.79 Å². The molecule has 0 unspecified atom stereocenters. The number of methoxy groups -OCH3 is 3. The van der Waals surface area contributed by atoms with E-state index in [2.05, 4.69) is 10.3 Å². The van der Waals surface area contributed by atoms with Crippen LogP contribution in [0.5, 0.6) is 23.0 Å². The molecule has 8 heteroatoms. The van der Waals surface area contributed by atoms with Crippen molar-refractivity contribution in [1.29, 1.82) is 0 Å². The first-order valence-corrected chi connectivity index (χ1v) is 11.3. The van der Waals surface area contributed by atoms with Crippen LogP contribution in [0.25, 0.3) is 6.08 Å². The maximum atomic E-state index is 12.7. The smallest absolute Gasteiger partial charge is 0.203 e. The molecule has 184 valence electrons. The van der Waals surface area contributed by atoms with Crippen LogP contribution in [0.2, 0.25) is 0 Å². The first kappa shape index (κ1) is 24.5. The van der Waals surface area contributed by atoms with E-state index in [0.29, 0.717) is 40.7 Å². The maximum absolute atomic E-state index is 12.7. The lowest BCUT2D eigenvalue weighted by molar-refractivity contribution is 0.104. The van der Waals surface area contributed by atoms with Crippen molar-refractivity contribution < 1.29 is 23.7 Å². The SMILES string of the molecule is COc1ccc(/C=C/C(=O)c2ccc(OCc3cn(Cc4ccccc4)nn3)cc2)c(OC)c1OC. The third-order valence-electron chi connectivity index (χ3n) is 5.45. The zero-order valence-electron chi connectivity index (χ0n) is 20.4. The van der Waals surface area contributed by atoms with Crippen LogP contribution in [0.1, 0.15) is 27.2 Å². The molecular weight excluding hydrogens is 458 g/mol. The number of ketones is 1. The normalized spacial score (nSPS) is 10.9. The van der Waals surface area contributed by atoms with Gasteiger partial charge in [0.15, 0.2) is 17.3 Å². The van der Waals surface area contributed by atoms with Crippen molar-refractivity contribution in [2.75, 3.05) is 21.3 Å². The van der Waals surface area contributed by atoms with E-state index in [1.54, 1.807) is 61.4 Å². The number of aromatic nitrogens is 3. The molecule has 0 amide bonds. The molecule has 0 saturated carbocycles. The summed E-state index contributed by atoms with van der Waals surface area (Å²) in [7, 11) is 4.63. The van der Waals surface area contributed by atoms with Crippen LogP contribution in [0, 0.1) is 0 Å². The van der Waals surface area contributed by atoms with E-state index in [4.69, 9.17) is 18.9 Å². The number of ether oxygens (including phenoxy) is 4. The summed E-state index contributed by atoms with van der Waals surface area (Å²) in [6.45, 7) is 0.925. The Morgan fingerprint density at radius 1 is 0.889 bits per heavy atom. The second-order valence-corrected chi connectivity index (χ2v) is 7.83. The van der Waals surface area contributed by atoms with Crippen LogP contribution in [0.15, 0.2) is 79.0 Å². The molecule has 0 saturated heterocycles. The summed E-state index contributed by atoms with van der Waals surface area (Å²) in [4.78, 5) is 12.7. The molecule has 0 aliphatic rings. The minimum atomic E-state index is -0.151. The molecule has 1 aromatic heterocycles. The third-order valence-corrected chi connectivity index (χ3v) is 5.45. The molecule has 0 fully saturated rings. The van der Waals surface area contributed by atoms with Crippen molar-refractivity contribution >= 4 is 11.9 Å². The number of allylic oxidation sites excluding steroid dienone is 1. The van der Waals surface area contributed by atoms with Gasteiger partial charge in [-0.2, -0.15) is 0 Å². The number of benzene rings is 3. The Balaban J connectivity index is 1.36. The zero-order valence-corrected chi connectivity index (χ0v) is 20.4. The molecule has 0 N–H and O–H groups in total. The third kappa shape index (κ3) is 5.90. The Morgan fingerprint density at radius 2 is 1.64 bits per heavy atom. The molecular formula is C28H27N3O5.